The molecule has 390 valence electrons. The second kappa shape index (κ2) is 23.4. The van der Waals surface area contributed by atoms with E-state index in [1.165, 1.54) is 16.0 Å². The van der Waals surface area contributed by atoms with Gasteiger partial charge in [-0.1, -0.05) is 70.7 Å². The summed E-state index contributed by atoms with van der Waals surface area (Å²) in [5, 5.41) is 14.7. The van der Waals surface area contributed by atoms with Crippen molar-refractivity contribution in [2.75, 3.05) is 47.0 Å². The van der Waals surface area contributed by atoms with Crippen molar-refractivity contribution >= 4 is 52.4 Å². The number of esters is 2. The Morgan fingerprint density at radius 1 is 1.01 bits per heavy atom. The van der Waals surface area contributed by atoms with Gasteiger partial charge in [0, 0.05) is 68.6 Å². The number of aliphatic carboxylic acids is 1. The quantitative estimate of drug-likeness (QED) is 0.0700. The van der Waals surface area contributed by atoms with Crippen molar-refractivity contribution in [3.05, 3.63) is 90.0 Å². The van der Waals surface area contributed by atoms with Crippen LogP contribution in [0.5, 0.6) is 5.75 Å². The zero-order valence-corrected chi connectivity index (χ0v) is 43.2. The summed E-state index contributed by atoms with van der Waals surface area (Å²) in [7, 11) is 3.24. The molecule has 7 rings (SSSR count). The van der Waals surface area contributed by atoms with Crippen LogP contribution in [0.2, 0.25) is 0 Å². The average molecular weight is 1000 g/mol. The number of likely N-dealkylation sites (tertiary alicyclic amines) is 1. The minimum Gasteiger partial charge on any atom is -0.481 e. The van der Waals surface area contributed by atoms with Crippen molar-refractivity contribution in [2.24, 2.45) is 17.3 Å². The van der Waals surface area contributed by atoms with E-state index in [0.29, 0.717) is 62.9 Å². The number of carbonyl (C=O) groups excluding carboxylic acids is 6. The van der Waals surface area contributed by atoms with Gasteiger partial charge in [-0.2, -0.15) is 0 Å². The minimum atomic E-state index is -1.27. The molecule has 4 aromatic rings. The van der Waals surface area contributed by atoms with Crippen LogP contribution in [0.15, 0.2) is 73.3 Å². The van der Waals surface area contributed by atoms with Gasteiger partial charge in [-0.15, -0.1) is 0 Å². The minimum absolute atomic E-state index is 0.0742. The fourth-order valence-electron chi connectivity index (χ4n) is 10.5. The predicted octanol–water partition coefficient (Wildman–Crippen LogP) is 6.12. The number of carboxylic acid groups (broad SMARTS) is 1. The molecule has 2 saturated heterocycles. The number of hydrazine groups is 1. The maximum atomic E-state index is 15.0. The highest BCUT2D eigenvalue weighted by atomic mass is 16.5. The SMILES string of the molecule is C=CC(=O)N1CC[C@H](C(=O)N(C)[C@H](C(=O)N[C@H]2Cc3cc(OC(=O)CCC(=O)O)cc(c3)-c3ccc4c(c3)c(c(-c3ccccc3CCOC)n4CC)CC(C)(C)COC(=O)[C@@H]3CCCN(N3)C2=O)C(C)C)C1. The zero-order chi connectivity index (χ0) is 52.7. The van der Waals surface area contributed by atoms with E-state index in [1.807, 2.05) is 24.3 Å². The molecule has 0 unspecified atom stereocenters. The topological polar surface area (TPSA) is 206 Å². The average Bonchev–Trinajstić information content (AvgIpc) is 3.98. The molecular weight excluding hydrogens is 933 g/mol. The third-order valence-corrected chi connectivity index (χ3v) is 14.1. The van der Waals surface area contributed by atoms with Crippen LogP contribution in [0.4, 0.5) is 0 Å². The number of carboxylic acids is 1. The Kier molecular flexibility index (Phi) is 17.3. The Balaban J connectivity index is 1.36. The number of nitrogens with one attached hydrogen (secondary N) is 2. The summed E-state index contributed by atoms with van der Waals surface area (Å²) in [6.07, 6.45) is 2.74. The number of hydrogen-bond donors (Lipinski definition) is 3. The van der Waals surface area contributed by atoms with Crippen LogP contribution in [0.3, 0.4) is 0 Å². The van der Waals surface area contributed by atoms with Crippen molar-refractivity contribution in [1.82, 2.24) is 30.1 Å². The van der Waals surface area contributed by atoms with Crippen molar-refractivity contribution in [3.8, 4) is 28.1 Å². The number of hydrogen-bond acceptors (Lipinski definition) is 11. The first-order valence-corrected chi connectivity index (χ1v) is 25.3. The molecule has 6 bridgehead atoms. The highest BCUT2D eigenvalue weighted by molar-refractivity contribution is 5.96. The molecule has 3 aliphatic rings. The Morgan fingerprint density at radius 2 is 1.78 bits per heavy atom. The van der Waals surface area contributed by atoms with Gasteiger partial charge in [-0.25, -0.2) is 5.43 Å². The highest BCUT2D eigenvalue weighted by Gasteiger charge is 2.40. The van der Waals surface area contributed by atoms with Crippen LogP contribution in [0, 0.1) is 17.3 Å². The van der Waals surface area contributed by atoms with E-state index in [4.69, 9.17) is 14.2 Å². The van der Waals surface area contributed by atoms with E-state index < -0.39 is 71.5 Å². The van der Waals surface area contributed by atoms with E-state index in [1.54, 1.807) is 45.0 Å². The first kappa shape index (κ1) is 53.9. The largest absolute Gasteiger partial charge is 0.481 e. The smallest absolute Gasteiger partial charge is 0.324 e. The number of ether oxygens (including phenoxy) is 3. The number of benzene rings is 3. The highest BCUT2D eigenvalue weighted by Crippen LogP contribution is 2.42. The molecule has 4 heterocycles. The number of nitrogens with zero attached hydrogens (tertiary/aromatic N) is 4. The van der Waals surface area contributed by atoms with E-state index in [9.17, 15) is 38.7 Å². The lowest BCUT2D eigenvalue weighted by Gasteiger charge is -2.37. The van der Waals surface area contributed by atoms with E-state index in [-0.39, 0.29) is 50.1 Å². The molecule has 1 aromatic heterocycles. The Bertz CT molecular complexity index is 2760. The molecule has 3 N–H and O–H groups in total. The molecule has 0 spiro atoms. The third kappa shape index (κ3) is 12.5. The first-order chi connectivity index (χ1) is 34.8. The van der Waals surface area contributed by atoms with Gasteiger partial charge in [-0.05, 0) is 103 Å². The summed E-state index contributed by atoms with van der Waals surface area (Å²) >= 11 is 0. The molecule has 4 amide bonds. The number of rotatable bonds is 15. The van der Waals surface area contributed by atoms with Crippen LogP contribution < -0.4 is 15.5 Å². The summed E-state index contributed by atoms with van der Waals surface area (Å²) in [6, 6.07) is 16.4. The van der Waals surface area contributed by atoms with Crippen LogP contribution in [0.25, 0.3) is 33.3 Å². The van der Waals surface area contributed by atoms with Crippen LogP contribution >= 0.6 is 0 Å². The molecule has 0 aliphatic carbocycles. The normalized spacial score (nSPS) is 19.5. The van der Waals surface area contributed by atoms with E-state index >= 15 is 0 Å². The third-order valence-electron chi connectivity index (χ3n) is 14.1. The van der Waals surface area contributed by atoms with Gasteiger partial charge < -0.3 is 39.0 Å². The summed E-state index contributed by atoms with van der Waals surface area (Å²) in [5.41, 5.74) is 9.66. The molecular formula is C56H70N6O11. The number of methoxy groups -OCH3 is 1. The van der Waals surface area contributed by atoms with Crippen molar-refractivity contribution < 1.29 is 52.9 Å². The monoisotopic (exact) mass is 1000 g/mol. The molecule has 3 aliphatic heterocycles. The van der Waals surface area contributed by atoms with Crippen molar-refractivity contribution in [2.45, 2.75) is 111 Å². The lowest BCUT2D eigenvalue weighted by Crippen LogP contribution is -2.62. The number of fused-ring (bicyclic) bond motifs is 6. The predicted molar refractivity (Wildman–Crippen MR) is 275 cm³/mol. The second-order valence-corrected chi connectivity index (χ2v) is 20.6. The molecule has 3 aromatic carbocycles. The van der Waals surface area contributed by atoms with Gasteiger partial charge in [-0.3, -0.25) is 38.6 Å². The van der Waals surface area contributed by atoms with Gasteiger partial charge in [0.2, 0.25) is 17.7 Å². The number of cyclic esters (lactones) is 1. The summed E-state index contributed by atoms with van der Waals surface area (Å²) in [6.45, 7) is 15.4. The number of amides is 4. The van der Waals surface area contributed by atoms with Crippen LogP contribution in [0.1, 0.15) is 83.4 Å². The molecule has 17 heteroatoms. The maximum absolute atomic E-state index is 15.0. The second-order valence-electron chi connectivity index (χ2n) is 20.6. The number of aryl methyl sites for hydroxylation is 1. The van der Waals surface area contributed by atoms with E-state index in [2.05, 4.69) is 66.9 Å². The Morgan fingerprint density at radius 3 is 2.49 bits per heavy atom. The molecule has 73 heavy (non-hydrogen) atoms. The van der Waals surface area contributed by atoms with Gasteiger partial charge in [0.15, 0.2) is 0 Å². The number of likely N-dealkylation sites (N-methyl/N-ethyl adjacent to an activating group) is 1. The van der Waals surface area contributed by atoms with Gasteiger partial charge in [0.25, 0.3) is 5.91 Å². The summed E-state index contributed by atoms with van der Waals surface area (Å²) in [4.78, 5) is 97.8. The molecule has 0 saturated carbocycles. The standard InChI is InChI=1S/C56H70N6O11/c1-9-47(63)60-24-21-38(32-60)53(68)59(7)50(34(3)4)52(67)57-45-28-35-26-39(29-40(27-35)73-49(66)20-19-48(64)65)37-17-18-46-42(30-37)43(51(61(46)10-2)41-15-12-11-14-36(41)22-25-71-8)31-56(5,6)33-72-55(70)44-16-13-23-62(58-44)54(45)69/h9,11-12,14-15,17-18,26-27,29-30,34,38,44-45,50,58H,1,10,13,16,19-25,28,31-33H2,2-8H3,(H,57,67)(H,64,65)/t38-,44-,45-,50-/m0/s1. The van der Waals surface area contributed by atoms with E-state index in [0.717, 1.165) is 38.9 Å². The summed E-state index contributed by atoms with van der Waals surface area (Å²) < 4.78 is 19.8. The molecule has 17 nitrogen and oxygen atoms in total. The number of aromatic nitrogens is 1. The van der Waals surface area contributed by atoms with Crippen LogP contribution in [-0.4, -0.2) is 131 Å². The Hall–Kier alpha value is -6.85. The van der Waals surface area contributed by atoms with Crippen molar-refractivity contribution in [1.29, 1.82) is 0 Å². The maximum Gasteiger partial charge on any atom is 0.324 e. The molecule has 2 fully saturated rings. The fraction of sp³-hybridized carbons (Fsp3) is 0.482. The zero-order valence-electron chi connectivity index (χ0n) is 43.2. The lowest BCUT2D eigenvalue weighted by molar-refractivity contribution is -0.155. The first-order valence-electron chi connectivity index (χ1n) is 25.3. The Labute approximate surface area is 427 Å². The molecule has 0 radical (unpaired) electrons. The van der Waals surface area contributed by atoms with Crippen LogP contribution in [-0.2, 0) is 68.8 Å². The van der Waals surface area contributed by atoms with Gasteiger partial charge in [0.05, 0.1) is 37.7 Å². The van der Waals surface area contributed by atoms with Crippen molar-refractivity contribution in [3.63, 3.8) is 0 Å². The van der Waals surface area contributed by atoms with Gasteiger partial charge >= 0.3 is 17.9 Å². The van der Waals surface area contributed by atoms with Gasteiger partial charge in [0.1, 0.15) is 23.9 Å². The fourth-order valence-corrected chi connectivity index (χ4v) is 10.5. The number of carbonyl (C=O) groups is 7. The lowest BCUT2D eigenvalue weighted by atomic mass is 9.83. The summed E-state index contributed by atoms with van der Waals surface area (Å²) in [5.74, 6) is -5.01. The molecule has 4 atom stereocenters.